The van der Waals surface area contributed by atoms with Crippen molar-refractivity contribution >= 4 is 39.6 Å². The number of amides is 1. The van der Waals surface area contributed by atoms with Gasteiger partial charge in [0, 0.05) is 17.2 Å². The Hall–Kier alpha value is -1.98. The maximum Gasteiger partial charge on any atom is 0.326 e. The molecule has 0 heterocycles. The van der Waals surface area contributed by atoms with Gasteiger partial charge in [0.2, 0.25) is 0 Å². The molecule has 1 atom stereocenters. The van der Waals surface area contributed by atoms with Gasteiger partial charge in [0.15, 0.2) is 0 Å². The molecule has 1 aromatic rings. The first-order valence-corrected chi connectivity index (χ1v) is 9.77. The lowest BCUT2D eigenvalue weighted by molar-refractivity contribution is -0.141. The van der Waals surface area contributed by atoms with Crippen LogP contribution < -0.4 is 10.6 Å². The van der Waals surface area contributed by atoms with Crippen LogP contribution in [0.5, 0.6) is 0 Å². The van der Waals surface area contributed by atoms with E-state index < -0.39 is 17.9 Å². The van der Waals surface area contributed by atoms with E-state index in [4.69, 9.17) is 10.4 Å². The number of rotatable bonds is 10. The minimum atomic E-state index is -1.11. The maximum absolute atomic E-state index is 12.0. The van der Waals surface area contributed by atoms with E-state index in [0.717, 1.165) is 16.5 Å². The highest BCUT2D eigenvalue weighted by molar-refractivity contribution is 9.10. The van der Waals surface area contributed by atoms with E-state index in [1.165, 1.54) is 18.0 Å². The molecule has 1 unspecified atom stereocenters. The molecule has 8 heteroatoms. The minimum absolute atomic E-state index is 0.148. The highest BCUT2D eigenvalue weighted by Crippen LogP contribution is 2.11. The molecule has 134 valence electrons. The number of aliphatic carboxylic acids is 1. The smallest absolute Gasteiger partial charge is 0.326 e. The van der Waals surface area contributed by atoms with Crippen LogP contribution >= 0.6 is 27.7 Å². The fraction of sp³-hybridized carbons (Fsp3) is 0.353. The third kappa shape index (κ3) is 8.09. The van der Waals surface area contributed by atoms with Crippen molar-refractivity contribution in [2.45, 2.75) is 18.9 Å². The molecule has 0 aliphatic heterocycles. The highest BCUT2D eigenvalue weighted by atomic mass is 79.9. The molecule has 3 N–H and O–H groups in total. The Labute approximate surface area is 159 Å². The van der Waals surface area contributed by atoms with Gasteiger partial charge in [-0.15, -0.1) is 0 Å². The summed E-state index contributed by atoms with van der Waals surface area (Å²) in [5.74, 6) is -1.19. The normalized spacial score (nSPS) is 12.1. The van der Waals surface area contributed by atoms with Crippen molar-refractivity contribution in [3.63, 3.8) is 0 Å². The summed E-state index contributed by atoms with van der Waals surface area (Å²) in [4.78, 5) is 23.2. The van der Waals surface area contributed by atoms with Crippen LogP contribution in [0.4, 0.5) is 0 Å². The van der Waals surface area contributed by atoms with Crippen molar-refractivity contribution in [3.8, 4) is 6.07 Å². The molecular formula is C17H20BrN3O3S. The zero-order valence-corrected chi connectivity index (χ0v) is 16.2. The molecule has 1 rings (SSSR count). The Kier molecular flexibility index (Phi) is 9.73. The summed E-state index contributed by atoms with van der Waals surface area (Å²) < 4.78 is 0.989. The molecule has 0 spiro atoms. The third-order valence-corrected chi connectivity index (χ3v) is 4.41. The number of halogens is 1. The van der Waals surface area contributed by atoms with E-state index in [0.29, 0.717) is 18.7 Å². The predicted octanol–water partition coefficient (Wildman–Crippen LogP) is 2.31. The highest BCUT2D eigenvalue weighted by Gasteiger charge is 2.21. The van der Waals surface area contributed by atoms with Gasteiger partial charge < -0.3 is 15.7 Å². The Balaban J connectivity index is 2.55. The number of thioether (sulfide) groups is 1. The first kappa shape index (κ1) is 21.1. The van der Waals surface area contributed by atoms with E-state index in [1.54, 1.807) is 6.07 Å². The SMILES string of the molecule is CSCCC(NC(=O)/C(C#N)=C\NCCc1cccc(Br)c1)C(=O)O. The van der Waals surface area contributed by atoms with E-state index in [2.05, 4.69) is 26.6 Å². The Bertz CT molecular complexity index is 673. The summed E-state index contributed by atoms with van der Waals surface area (Å²) in [6.45, 7) is 0.545. The standard InChI is InChI=1S/C17H20BrN3O3S/c1-25-8-6-15(17(23)24)21-16(22)13(10-19)11-20-7-5-12-3-2-4-14(18)9-12/h2-4,9,11,15,20H,5-8H2,1H3,(H,21,22)(H,23,24)/b13-11-. The second-order valence-electron chi connectivity index (χ2n) is 5.15. The Morgan fingerprint density at radius 3 is 2.84 bits per heavy atom. The maximum atomic E-state index is 12.0. The number of nitrogens with one attached hydrogen (secondary N) is 2. The average Bonchev–Trinajstić information content (AvgIpc) is 2.58. The summed E-state index contributed by atoms with van der Waals surface area (Å²) >= 11 is 4.89. The van der Waals surface area contributed by atoms with Gasteiger partial charge in [0.1, 0.15) is 17.7 Å². The molecule has 0 aromatic heterocycles. The van der Waals surface area contributed by atoms with Crippen LogP contribution in [-0.2, 0) is 16.0 Å². The second kappa shape index (κ2) is 11.6. The molecule has 1 aromatic carbocycles. The van der Waals surface area contributed by atoms with Crippen LogP contribution in [0.1, 0.15) is 12.0 Å². The number of carboxylic acids is 1. The van der Waals surface area contributed by atoms with E-state index >= 15 is 0 Å². The van der Waals surface area contributed by atoms with Crippen LogP contribution in [0.25, 0.3) is 0 Å². The zero-order valence-electron chi connectivity index (χ0n) is 13.8. The fourth-order valence-corrected chi connectivity index (χ4v) is 2.88. The molecule has 0 aliphatic carbocycles. The average molecular weight is 426 g/mol. The number of nitrogens with zero attached hydrogens (tertiary/aromatic N) is 1. The summed E-state index contributed by atoms with van der Waals surface area (Å²) in [5.41, 5.74) is 0.964. The molecule has 1 amide bonds. The molecule has 6 nitrogen and oxygen atoms in total. The van der Waals surface area contributed by atoms with Gasteiger partial charge in [-0.25, -0.2) is 4.79 Å². The van der Waals surface area contributed by atoms with Crippen molar-refractivity contribution in [3.05, 3.63) is 46.1 Å². The molecule has 0 radical (unpaired) electrons. The van der Waals surface area contributed by atoms with Crippen LogP contribution in [0.3, 0.4) is 0 Å². The number of hydrogen-bond donors (Lipinski definition) is 3. The number of hydrogen-bond acceptors (Lipinski definition) is 5. The minimum Gasteiger partial charge on any atom is -0.480 e. The van der Waals surface area contributed by atoms with Gasteiger partial charge in [-0.05, 0) is 42.5 Å². The number of carbonyl (C=O) groups excluding carboxylic acids is 1. The van der Waals surface area contributed by atoms with E-state index in [-0.39, 0.29) is 5.57 Å². The van der Waals surface area contributed by atoms with E-state index in [1.807, 2.05) is 30.5 Å². The van der Waals surface area contributed by atoms with Gasteiger partial charge in [-0.2, -0.15) is 17.0 Å². The number of benzene rings is 1. The zero-order chi connectivity index (χ0) is 18.7. The van der Waals surface area contributed by atoms with E-state index in [9.17, 15) is 9.59 Å². The van der Waals surface area contributed by atoms with Crippen LogP contribution in [0, 0.1) is 11.3 Å². The third-order valence-electron chi connectivity index (χ3n) is 3.27. The molecule has 25 heavy (non-hydrogen) atoms. The quantitative estimate of drug-likeness (QED) is 0.302. The fourth-order valence-electron chi connectivity index (χ4n) is 1.96. The lowest BCUT2D eigenvalue weighted by Gasteiger charge is -2.13. The topological polar surface area (TPSA) is 102 Å². The molecule has 0 saturated heterocycles. The first-order chi connectivity index (χ1) is 12.0. The number of carboxylic acid groups (broad SMARTS) is 1. The Morgan fingerprint density at radius 1 is 1.48 bits per heavy atom. The summed E-state index contributed by atoms with van der Waals surface area (Å²) in [7, 11) is 0. The molecule has 0 bridgehead atoms. The lowest BCUT2D eigenvalue weighted by Crippen LogP contribution is -2.41. The number of carbonyl (C=O) groups is 2. The van der Waals surface area contributed by atoms with Crippen molar-refractivity contribution in [2.75, 3.05) is 18.6 Å². The molecule has 0 saturated carbocycles. The van der Waals surface area contributed by atoms with Crippen LogP contribution in [0.2, 0.25) is 0 Å². The summed E-state index contributed by atoms with van der Waals surface area (Å²) in [6.07, 6.45) is 4.20. The molecular weight excluding hydrogens is 406 g/mol. The second-order valence-corrected chi connectivity index (χ2v) is 7.05. The van der Waals surface area contributed by atoms with Crippen molar-refractivity contribution in [1.82, 2.24) is 10.6 Å². The van der Waals surface area contributed by atoms with Gasteiger partial charge in [0.25, 0.3) is 5.91 Å². The molecule has 0 aliphatic rings. The molecule has 0 fully saturated rings. The predicted molar refractivity (Wildman–Crippen MR) is 102 cm³/mol. The summed E-state index contributed by atoms with van der Waals surface area (Å²) in [6, 6.07) is 8.64. The van der Waals surface area contributed by atoms with Crippen molar-refractivity contribution in [1.29, 1.82) is 5.26 Å². The monoisotopic (exact) mass is 425 g/mol. The van der Waals surface area contributed by atoms with Crippen LogP contribution in [0.15, 0.2) is 40.5 Å². The van der Waals surface area contributed by atoms with Crippen molar-refractivity contribution in [2.24, 2.45) is 0 Å². The van der Waals surface area contributed by atoms with Gasteiger partial charge in [0.05, 0.1) is 0 Å². The van der Waals surface area contributed by atoms with Crippen molar-refractivity contribution < 1.29 is 14.7 Å². The Morgan fingerprint density at radius 2 is 2.24 bits per heavy atom. The van der Waals surface area contributed by atoms with Crippen LogP contribution in [-0.4, -0.2) is 41.6 Å². The number of nitriles is 1. The summed E-state index contributed by atoms with van der Waals surface area (Å²) in [5, 5.41) is 23.5. The van der Waals surface area contributed by atoms with Gasteiger partial charge in [-0.3, -0.25) is 4.79 Å². The lowest BCUT2D eigenvalue weighted by atomic mass is 10.1. The van der Waals surface area contributed by atoms with Gasteiger partial charge >= 0.3 is 5.97 Å². The van der Waals surface area contributed by atoms with Gasteiger partial charge in [-0.1, -0.05) is 28.1 Å². The first-order valence-electron chi connectivity index (χ1n) is 7.58. The largest absolute Gasteiger partial charge is 0.480 e.